The number of aryl methyl sites for hydroxylation is 2. The van der Waals surface area contributed by atoms with Gasteiger partial charge in [-0.05, 0) is 57.8 Å². The van der Waals surface area contributed by atoms with Crippen molar-refractivity contribution in [3.8, 4) is 0 Å². The van der Waals surface area contributed by atoms with E-state index in [0.29, 0.717) is 0 Å². The zero-order chi connectivity index (χ0) is 25.4. The first-order valence-electron chi connectivity index (χ1n) is 11.2. The lowest BCUT2D eigenvalue weighted by Gasteiger charge is -2.16. The van der Waals surface area contributed by atoms with E-state index in [1.807, 2.05) is 13.8 Å². The standard InChI is InChI=1S/C13H19N.C10H13F3N2O2.C2H6/c1-11-5-6-13(12(2)9-11)10-14-7-3-4-8-14;1-7(10(11,12)13)4-2-3-5-9(17)15-6-8(14)16;1-2/h5-6,9H,3-4,7-8,10H2,1-2H3;2-4H,5-6H2,1H3,(H2,14,16)(H,15,17);1-2H3/b;3-2-,7-4+;. The zero-order valence-corrected chi connectivity index (χ0v) is 20.4. The van der Waals surface area contributed by atoms with E-state index in [2.05, 4.69) is 42.3 Å². The van der Waals surface area contributed by atoms with Gasteiger partial charge < -0.3 is 11.1 Å². The van der Waals surface area contributed by atoms with Crippen LogP contribution < -0.4 is 11.1 Å². The number of allylic oxidation sites excluding steroid dienone is 3. The summed E-state index contributed by atoms with van der Waals surface area (Å²) in [6, 6.07) is 6.78. The summed E-state index contributed by atoms with van der Waals surface area (Å²) in [5, 5.41) is 2.19. The third kappa shape index (κ3) is 14.2. The molecule has 0 bridgehead atoms. The number of hydrogen-bond acceptors (Lipinski definition) is 3. The maximum absolute atomic E-state index is 12.0. The van der Waals surface area contributed by atoms with E-state index in [4.69, 9.17) is 5.73 Å². The zero-order valence-electron chi connectivity index (χ0n) is 20.4. The minimum Gasteiger partial charge on any atom is -0.368 e. The molecule has 1 aromatic carbocycles. The summed E-state index contributed by atoms with van der Waals surface area (Å²) in [6.07, 6.45) is 1.53. The third-order valence-corrected chi connectivity index (χ3v) is 4.78. The predicted octanol–water partition coefficient (Wildman–Crippen LogP) is 4.97. The van der Waals surface area contributed by atoms with Crippen LogP contribution in [0.4, 0.5) is 13.2 Å². The Morgan fingerprint density at radius 1 is 1.15 bits per heavy atom. The lowest BCUT2D eigenvalue weighted by Crippen LogP contribution is -2.32. The Morgan fingerprint density at radius 2 is 1.76 bits per heavy atom. The summed E-state index contributed by atoms with van der Waals surface area (Å²) in [5.41, 5.74) is 8.33. The molecule has 0 unspecified atom stereocenters. The van der Waals surface area contributed by atoms with Crippen molar-refractivity contribution in [3.05, 3.63) is 58.7 Å². The molecule has 0 saturated carbocycles. The maximum Gasteiger partial charge on any atom is 0.412 e. The molecule has 0 atom stereocenters. The second kappa shape index (κ2) is 16.1. The van der Waals surface area contributed by atoms with Gasteiger partial charge in [0.1, 0.15) is 0 Å². The molecule has 5 nitrogen and oxygen atoms in total. The van der Waals surface area contributed by atoms with Gasteiger partial charge in [0.2, 0.25) is 11.8 Å². The Hall–Kier alpha value is -2.61. The van der Waals surface area contributed by atoms with E-state index in [9.17, 15) is 22.8 Å². The van der Waals surface area contributed by atoms with E-state index >= 15 is 0 Å². The van der Waals surface area contributed by atoms with Crippen molar-refractivity contribution in [1.29, 1.82) is 0 Å². The first-order valence-corrected chi connectivity index (χ1v) is 11.2. The largest absolute Gasteiger partial charge is 0.412 e. The minimum absolute atomic E-state index is 0.116. The first-order chi connectivity index (χ1) is 15.5. The summed E-state index contributed by atoms with van der Waals surface area (Å²) in [5.74, 6) is -1.17. The molecule has 1 fully saturated rings. The number of likely N-dealkylation sites (tertiary alicyclic amines) is 1. The molecule has 2 rings (SSSR count). The molecular weight excluding hydrogens is 431 g/mol. The van der Waals surface area contributed by atoms with Crippen molar-refractivity contribution >= 4 is 11.8 Å². The Balaban J connectivity index is 0.000000583. The van der Waals surface area contributed by atoms with Crippen molar-refractivity contribution in [3.63, 3.8) is 0 Å². The number of nitrogens with zero attached hydrogens (tertiary/aromatic N) is 1. The van der Waals surface area contributed by atoms with Crippen LogP contribution in [0.25, 0.3) is 0 Å². The Bertz CT molecular complexity index is 797. The van der Waals surface area contributed by atoms with Crippen LogP contribution in [-0.2, 0) is 16.1 Å². The van der Waals surface area contributed by atoms with Gasteiger partial charge in [0.05, 0.1) is 6.54 Å². The lowest BCUT2D eigenvalue weighted by atomic mass is 10.1. The number of carbonyl (C=O) groups excluding carboxylic acids is 2. The highest BCUT2D eigenvalue weighted by atomic mass is 19.4. The number of halogens is 3. The Kier molecular flexibility index (Phi) is 14.8. The Labute approximate surface area is 195 Å². The predicted molar refractivity (Wildman–Crippen MR) is 128 cm³/mol. The average molecular weight is 470 g/mol. The molecule has 186 valence electrons. The monoisotopic (exact) mass is 469 g/mol. The summed E-state index contributed by atoms with van der Waals surface area (Å²) in [7, 11) is 0. The number of benzene rings is 1. The molecule has 8 heteroatoms. The summed E-state index contributed by atoms with van der Waals surface area (Å²) in [6.45, 7) is 12.7. The highest BCUT2D eigenvalue weighted by Gasteiger charge is 2.29. The van der Waals surface area contributed by atoms with Crippen molar-refractivity contribution < 1.29 is 22.8 Å². The van der Waals surface area contributed by atoms with E-state index in [1.165, 1.54) is 48.7 Å². The fourth-order valence-corrected chi connectivity index (χ4v) is 2.94. The molecule has 1 heterocycles. The molecule has 1 aliphatic rings. The topological polar surface area (TPSA) is 75.4 Å². The minimum atomic E-state index is -4.36. The first kappa shape index (κ1) is 30.4. The van der Waals surface area contributed by atoms with Crippen LogP contribution in [0.3, 0.4) is 0 Å². The summed E-state index contributed by atoms with van der Waals surface area (Å²) in [4.78, 5) is 23.8. The lowest BCUT2D eigenvalue weighted by molar-refractivity contribution is -0.124. The summed E-state index contributed by atoms with van der Waals surface area (Å²) < 4.78 is 36.0. The highest BCUT2D eigenvalue weighted by molar-refractivity contribution is 5.84. The second-order valence-electron chi connectivity index (χ2n) is 7.64. The highest BCUT2D eigenvalue weighted by Crippen LogP contribution is 2.24. The van der Waals surface area contributed by atoms with Crippen LogP contribution in [0.5, 0.6) is 0 Å². The van der Waals surface area contributed by atoms with Crippen LogP contribution >= 0.6 is 0 Å². The SMILES string of the molecule is C/C(=C\C=C/CC(=O)NCC(N)=O)C(F)(F)F.CC.Cc1ccc(CN2CCCC2)c(C)c1. The van der Waals surface area contributed by atoms with E-state index < -0.39 is 23.6 Å². The number of carbonyl (C=O) groups is 2. The van der Waals surface area contributed by atoms with Crippen LogP contribution in [0.15, 0.2) is 42.0 Å². The molecule has 1 saturated heterocycles. The molecule has 3 N–H and O–H groups in total. The number of hydrogen-bond donors (Lipinski definition) is 2. The molecule has 33 heavy (non-hydrogen) atoms. The molecule has 0 aromatic heterocycles. The van der Waals surface area contributed by atoms with Gasteiger partial charge in [0.15, 0.2) is 0 Å². The number of amides is 2. The number of nitrogens with two attached hydrogens (primary N) is 1. The molecule has 0 aliphatic carbocycles. The number of nitrogens with one attached hydrogen (secondary N) is 1. The number of alkyl halides is 3. The van der Waals surface area contributed by atoms with Gasteiger partial charge in [-0.3, -0.25) is 14.5 Å². The van der Waals surface area contributed by atoms with Crippen LogP contribution in [0.1, 0.15) is 56.7 Å². The average Bonchev–Trinajstić information content (AvgIpc) is 3.26. The second-order valence-corrected chi connectivity index (χ2v) is 7.64. The van der Waals surface area contributed by atoms with Gasteiger partial charge >= 0.3 is 6.18 Å². The molecule has 1 aliphatic heterocycles. The van der Waals surface area contributed by atoms with Crippen LogP contribution in [0.2, 0.25) is 0 Å². The number of rotatable bonds is 7. The fraction of sp³-hybridized carbons (Fsp3) is 0.520. The molecule has 1 aromatic rings. The smallest absolute Gasteiger partial charge is 0.368 e. The molecule has 0 spiro atoms. The summed E-state index contributed by atoms with van der Waals surface area (Å²) >= 11 is 0. The molecule has 2 amide bonds. The van der Waals surface area contributed by atoms with Crippen LogP contribution in [-0.4, -0.2) is 42.5 Å². The van der Waals surface area contributed by atoms with Gasteiger partial charge in [0.25, 0.3) is 0 Å². The molecular formula is C25H38F3N3O2. The van der Waals surface area contributed by atoms with Crippen molar-refractivity contribution in [1.82, 2.24) is 10.2 Å². The Morgan fingerprint density at radius 3 is 2.27 bits per heavy atom. The van der Waals surface area contributed by atoms with E-state index in [0.717, 1.165) is 25.6 Å². The van der Waals surface area contributed by atoms with Crippen molar-refractivity contribution in [2.24, 2.45) is 5.73 Å². The quantitative estimate of drug-likeness (QED) is 0.554. The maximum atomic E-state index is 12.0. The van der Waals surface area contributed by atoms with Gasteiger partial charge in [0, 0.05) is 18.5 Å². The van der Waals surface area contributed by atoms with E-state index in [1.54, 1.807) is 0 Å². The molecule has 0 radical (unpaired) electrons. The van der Waals surface area contributed by atoms with Crippen molar-refractivity contribution in [2.75, 3.05) is 19.6 Å². The van der Waals surface area contributed by atoms with E-state index in [-0.39, 0.29) is 13.0 Å². The van der Waals surface area contributed by atoms with Gasteiger partial charge in [-0.2, -0.15) is 13.2 Å². The van der Waals surface area contributed by atoms with Crippen LogP contribution in [0, 0.1) is 13.8 Å². The fourth-order valence-electron chi connectivity index (χ4n) is 2.94. The third-order valence-electron chi connectivity index (χ3n) is 4.78. The normalized spacial score (nSPS) is 14.2. The number of primary amides is 1. The van der Waals surface area contributed by atoms with Gasteiger partial charge in [-0.1, -0.05) is 55.8 Å². The van der Waals surface area contributed by atoms with Crippen molar-refractivity contribution in [2.45, 2.75) is 66.6 Å². The van der Waals surface area contributed by atoms with Gasteiger partial charge in [-0.25, -0.2) is 0 Å². The van der Waals surface area contributed by atoms with Gasteiger partial charge in [-0.15, -0.1) is 0 Å².